The minimum Gasteiger partial charge on any atom is -0.469 e. The van der Waals surface area contributed by atoms with Gasteiger partial charge >= 0.3 is 5.97 Å². The molecule has 0 heterocycles. The summed E-state index contributed by atoms with van der Waals surface area (Å²) < 4.78 is 4.47. The molecule has 0 fully saturated rings. The number of nitro benzene ring substituents is 1. The third kappa shape index (κ3) is 2.81. The van der Waals surface area contributed by atoms with Crippen molar-refractivity contribution in [1.29, 1.82) is 5.26 Å². The largest absolute Gasteiger partial charge is 0.469 e. The van der Waals surface area contributed by atoms with Gasteiger partial charge in [0.05, 0.1) is 35.7 Å². The molecule has 0 saturated carbocycles. The molecule has 1 aromatic rings. The van der Waals surface area contributed by atoms with Crippen LogP contribution in [0.25, 0.3) is 0 Å². The van der Waals surface area contributed by atoms with E-state index in [0.717, 1.165) is 0 Å². The number of benzene rings is 1. The molecule has 7 heteroatoms. The smallest absolute Gasteiger partial charge is 0.309 e. The number of rotatable bonds is 4. The summed E-state index contributed by atoms with van der Waals surface area (Å²) in [5.41, 5.74) is 5.76. The van der Waals surface area contributed by atoms with Crippen LogP contribution in [0.3, 0.4) is 0 Å². The van der Waals surface area contributed by atoms with Gasteiger partial charge in [-0.1, -0.05) is 0 Å². The van der Waals surface area contributed by atoms with Crippen molar-refractivity contribution in [3.8, 4) is 6.07 Å². The van der Waals surface area contributed by atoms with Crippen LogP contribution in [0.15, 0.2) is 12.1 Å². The molecule has 1 aromatic carbocycles. The van der Waals surface area contributed by atoms with E-state index in [1.807, 2.05) is 6.07 Å². The molecule has 1 rings (SSSR count). The second-order valence-electron chi connectivity index (χ2n) is 3.47. The molecule has 0 radical (unpaired) electrons. The number of hydrogen-bond donors (Lipinski definition) is 1. The second-order valence-corrected chi connectivity index (χ2v) is 3.47. The number of ether oxygens (including phenoxy) is 1. The molecule has 0 unspecified atom stereocenters. The highest BCUT2D eigenvalue weighted by atomic mass is 16.6. The maximum Gasteiger partial charge on any atom is 0.309 e. The van der Waals surface area contributed by atoms with Crippen LogP contribution in [0.1, 0.15) is 16.7 Å². The first-order valence-corrected chi connectivity index (χ1v) is 5.00. The zero-order valence-corrected chi connectivity index (χ0v) is 9.67. The molecule has 2 N–H and O–H groups in total. The summed E-state index contributed by atoms with van der Waals surface area (Å²) >= 11 is 0. The Morgan fingerprint density at radius 2 is 2.28 bits per heavy atom. The van der Waals surface area contributed by atoms with Crippen molar-refractivity contribution in [1.82, 2.24) is 0 Å². The predicted molar refractivity (Wildman–Crippen MR) is 61.4 cm³/mol. The molecular formula is C11H11N3O4. The maximum absolute atomic E-state index is 11.1. The van der Waals surface area contributed by atoms with Crippen molar-refractivity contribution < 1.29 is 14.5 Å². The number of nitriles is 1. The van der Waals surface area contributed by atoms with E-state index in [0.29, 0.717) is 5.56 Å². The minimum atomic E-state index is -0.621. The number of nitrogens with two attached hydrogens (primary N) is 1. The van der Waals surface area contributed by atoms with Crippen molar-refractivity contribution in [3.63, 3.8) is 0 Å². The first-order chi connectivity index (χ1) is 8.53. The van der Waals surface area contributed by atoms with Gasteiger partial charge in [0.1, 0.15) is 0 Å². The molecule has 0 saturated heterocycles. The highest BCUT2D eigenvalue weighted by Gasteiger charge is 2.19. The van der Waals surface area contributed by atoms with E-state index in [9.17, 15) is 14.9 Å². The van der Waals surface area contributed by atoms with Gasteiger partial charge in [-0.05, 0) is 11.6 Å². The van der Waals surface area contributed by atoms with E-state index in [2.05, 4.69) is 4.74 Å². The van der Waals surface area contributed by atoms with Crippen LogP contribution in [0.2, 0.25) is 0 Å². The maximum atomic E-state index is 11.1. The van der Waals surface area contributed by atoms with Crippen LogP contribution in [0.4, 0.5) is 5.69 Å². The molecular weight excluding hydrogens is 238 g/mol. The van der Waals surface area contributed by atoms with Gasteiger partial charge in [0.25, 0.3) is 5.69 Å². The van der Waals surface area contributed by atoms with E-state index < -0.39 is 10.9 Å². The standard InChI is InChI=1S/C11H11N3O4/c1-18-11(15)4-7-2-8(5-12)9(6-13)10(3-7)14(16)17/h2-3H,4,6,13H2,1H3. The van der Waals surface area contributed by atoms with Crippen molar-refractivity contribution >= 4 is 11.7 Å². The van der Waals surface area contributed by atoms with Gasteiger partial charge in [0.2, 0.25) is 0 Å². The summed E-state index contributed by atoms with van der Waals surface area (Å²) in [6.07, 6.45) is -0.128. The van der Waals surface area contributed by atoms with Gasteiger partial charge < -0.3 is 10.5 Å². The number of nitrogens with zero attached hydrogens (tertiary/aromatic N) is 2. The monoisotopic (exact) mass is 249 g/mol. The lowest BCUT2D eigenvalue weighted by molar-refractivity contribution is -0.385. The van der Waals surface area contributed by atoms with E-state index in [1.165, 1.54) is 19.2 Å². The normalized spacial score (nSPS) is 9.61. The Balaban J connectivity index is 3.33. The fourth-order valence-electron chi connectivity index (χ4n) is 1.53. The van der Waals surface area contributed by atoms with Crippen LogP contribution in [0.5, 0.6) is 0 Å². The van der Waals surface area contributed by atoms with Crippen molar-refractivity contribution in [2.24, 2.45) is 5.73 Å². The fourth-order valence-corrected chi connectivity index (χ4v) is 1.53. The lowest BCUT2D eigenvalue weighted by Gasteiger charge is -2.06. The third-order valence-electron chi connectivity index (χ3n) is 2.38. The van der Waals surface area contributed by atoms with Crippen LogP contribution < -0.4 is 5.73 Å². The molecule has 94 valence electrons. The zero-order chi connectivity index (χ0) is 13.7. The van der Waals surface area contributed by atoms with Gasteiger partial charge in [-0.2, -0.15) is 5.26 Å². The molecule has 0 aromatic heterocycles. The molecule has 0 amide bonds. The van der Waals surface area contributed by atoms with Crippen LogP contribution in [-0.2, 0) is 22.5 Å². The number of esters is 1. The summed E-state index contributed by atoms with van der Waals surface area (Å²) in [4.78, 5) is 21.4. The fraction of sp³-hybridized carbons (Fsp3) is 0.273. The van der Waals surface area contributed by atoms with Gasteiger partial charge in [0.15, 0.2) is 0 Å². The Morgan fingerprint density at radius 3 is 2.72 bits per heavy atom. The topological polar surface area (TPSA) is 119 Å². The molecule has 0 aliphatic rings. The second kappa shape index (κ2) is 5.75. The molecule has 0 aliphatic carbocycles. The van der Waals surface area contributed by atoms with Crippen LogP contribution in [-0.4, -0.2) is 18.0 Å². The molecule has 0 atom stereocenters. The highest BCUT2D eigenvalue weighted by Crippen LogP contribution is 2.24. The number of hydrogen-bond acceptors (Lipinski definition) is 6. The zero-order valence-electron chi connectivity index (χ0n) is 9.67. The summed E-state index contributed by atoms with van der Waals surface area (Å²) in [6, 6.07) is 4.48. The number of carbonyl (C=O) groups is 1. The average Bonchev–Trinajstić information content (AvgIpc) is 2.37. The van der Waals surface area contributed by atoms with Gasteiger partial charge in [0, 0.05) is 12.6 Å². The number of nitro groups is 1. The Hall–Kier alpha value is -2.46. The average molecular weight is 249 g/mol. The van der Waals surface area contributed by atoms with Crippen LogP contribution >= 0.6 is 0 Å². The number of methoxy groups -OCH3 is 1. The molecule has 0 spiro atoms. The summed E-state index contributed by atoms with van der Waals surface area (Å²) in [7, 11) is 1.22. The summed E-state index contributed by atoms with van der Waals surface area (Å²) in [6.45, 7) is -0.113. The predicted octanol–water partition coefficient (Wildman–Crippen LogP) is 0.641. The van der Waals surface area contributed by atoms with Gasteiger partial charge in [-0.3, -0.25) is 14.9 Å². The molecule has 7 nitrogen and oxygen atoms in total. The van der Waals surface area contributed by atoms with E-state index in [4.69, 9.17) is 11.0 Å². The van der Waals surface area contributed by atoms with E-state index in [1.54, 1.807) is 0 Å². The SMILES string of the molecule is COC(=O)Cc1cc(C#N)c(CN)c([N+](=O)[O-])c1. The Labute approximate surface area is 103 Å². The first kappa shape index (κ1) is 13.6. The lowest BCUT2D eigenvalue weighted by Crippen LogP contribution is -2.09. The minimum absolute atomic E-state index is 0.102. The Morgan fingerprint density at radius 1 is 1.61 bits per heavy atom. The van der Waals surface area contributed by atoms with Gasteiger partial charge in [-0.15, -0.1) is 0 Å². The van der Waals surface area contributed by atoms with E-state index in [-0.39, 0.29) is 29.8 Å². The first-order valence-electron chi connectivity index (χ1n) is 5.00. The molecule has 0 aliphatic heterocycles. The highest BCUT2D eigenvalue weighted by molar-refractivity contribution is 5.73. The number of carbonyl (C=O) groups excluding carboxylic acids is 1. The van der Waals surface area contributed by atoms with Crippen molar-refractivity contribution in [3.05, 3.63) is 38.9 Å². The molecule has 18 heavy (non-hydrogen) atoms. The Kier molecular flexibility index (Phi) is 4.34. The Bertz CT molecular complexity index is 534. The summed E-state index contributed by atoms with van der Waals surface area (Å²) in [5.74, 6) is -0.534. The third-order valence-corrected chi connectivity index (χ3v) is 2.38. The van der Waals surface area contributed by atoms with Crippen LogP contribution in [0, 0.1) is 21.4 Å². The molecule has 0 bridgehead atoms. The van der Waals surface area contributed by atoms with Crippen molar-refractivity contribution in [2.75, 3.05) is 7.11 Å². The quantitative estimate of drug-likeness (QED) is 0.475. The van der Waals surface area contributed by atoms with Crippen molar-refractivity contribution in [2.45, 2.75) is 13.0 Å². The lowest BCUT2D eigenvalue weighted by atomic mass is 10.0. The summed E-state index contributed by atoms with van der Waals surface area (Å²) in [5, 5.41) is 19.8. The van der Waals surface area contributed by atoms with E-state index >= 15 is 0 Å². The van der Waals surface area contributed by atoms with Gasteiger partial charge in [-0.25, -0.2) is 0 Å².